The van der Waals surface area contributed by atoms with Crippen LogP contribution in [-0.4, -0.2) is 84.4 Å². The number of rotatable bonds is 17. The molecule has 0 aromatic carbocycles. The van der Waals surface area contributed by atoms with Crippen molar-refractivity contribution in [3.05, 3.63) is 11.6 Å². The van der Waals surface area contributed by atoms with Crippen LogP contribution in [0.15, 0.2) is 11.6 Å². The van der Waals surface area contributed by atoms with E-state index in [1.807, 2.05) is 6.08 Å². The van der Waals surface area contributed by atoms with Gasteiger partial charge < -0.3 is 35.0 Å². The largest absolute Gasteiger partial charge is 0.461 e. The SMILES string of the molecule is CCCCCCC=C(C)C(=O)OCC(CO)(CO)COCC(CO)(CO)CO. The van der Waals surface area contributed by atoms with Crippen molar-refractivity contribution in [2.75, 3.05) is 52.9 Å². The maximum atomic E-state index is 12.1. The van der Waals surface area contributed by atoms with Crippen molar-refractivity contribution in [3.8, 4) is 0 Å². The van der Waals surface area contributed by atoms with E-state index >= 15 is 0 Å². The van der Waals surface area contributed by atoms with Crippen LogP contribution in [0.25, 0.3) is 0 Å². The third-order valence-corrected chi connectivity index (χ3v) is 4.83. The number of unbranched alkanes of at least 4 members (excludes halogenated alkanes) is 4. The molecule has 0 unspecified atom stereocenters. The molecule has 0 heterocycles. The molecule has 28 heavy (non-hydrogen) atoms. The molecule has 0 aromatic rings. The molecule has 0 saturated carbocycles. The maximum Gasteiger partial charge on any atom is 0.333 e. The lowest BCUT2D eigenvalue weighted by Gasteiger charge is -2.32. The van der Waals surface area contributed by atoms with Crippen LogP contribution < -0.4 is 0 Å². The second kappa shape index (κ2) is 14.9. The maximum absolute atomic E-state index is 12.1. The van der Waals surface area contributed by atoms with Gasteiger partial charge in [0.2, 0.25) is 0 Å². The molecule has 166 valence electrons. The van der Waals surface area contributed by atoms with E-state index in [0.717, 1.165) is 32.1 Å². The Balaban J connectivity index is 4.62. The molecule has 0 bridgehead atoms. The molecule has 0 aliphatic carbocycles. The highest BCUT2D eigenvalue weighted by Crippen LogP contribution is 2.21. The third kappa shape index (κ3) is 9.45. The zero-order valence-corrected chi connectivity index (χ0v) is 17.2. The smallest absolute Gasteiger partial charge is 0.333 e. The van der Waals surface area contributed by atoms with E-state index in [2.05, 4.69) is 6.92 Å². The van der Waals surface area contributed by atoms with E-state index in [1.54, 1.807) is 6.92 Å². The van der Waals surface area contributed by atoms with Gasteiger partial charge in [0, 0.05) is 5.57 Å². The molecule has 0 amide bonds. The Morgan fingerprint density at radius 2 is 1.36 bits per heavy atom. The minimum Gasteiger partial charge on any atom is -0.461 e. The molecule has 0 rings (SSSR count). The average molecular weight is 407 g/mol. The van der Waals surface area contributed by atoms with Gasteiger partial charge in [-0.15, -0.1) is 0 Å². The molecule has 0 atom stereocenters. The van der Waals surface area contributed by atoms with Crippen LogP contribution in [0.5, 0.6) is 0 Å². The third-order valence-electron chi connectivity index (χ3n) is 4.83. The second-order valence-electron chi connectivity index (χ2n) is 7.60. The molecule has 0 aliphatic heterocycles. The summed E-state index contributed by atoms with van der Waals surface area (Å²) in [5.74, 6) is -0.516. The first kappa shape index (κ1) is 27.0. The van der Waals surface area contributed by atoms with E-state index < -0.39 is 49.8 Å². The van der Waals surface area contributed by atoms with Crippen LogP contribution in [0.2, 0.25) is 0 Å². The first-order chi connectivity index (χ1) is 13.4. The van der Waals surface area contributed by atoms with Gasteiger partial charge in [-0.05, 0) is 19.8 Å². The number of carbonyl (C=O) groups excluding carboxylic acids is 1. The van der Waals surface area contributed by atoms with Gasteiger partial charge in [-0.2, -0.15) is 0 Å². The number of carbonyl (C=O) groups is 1. The summed E-state index contributed by atoms with van der Waals surface area (Å²) in [6.45, 7) is 0.779. The van der Waals surface area contributed by atoms with E-state index in [1.165, 1.54) is 0 Å². The van der Waals surface area contributed by atoms with Gasteiger partial charge in [-0.3, -0.25) is 0 Å². The Labute approximate surface area is 167 Å². The normalized spacial score (nSPS) is 13.0. The first-order valence-corrected chi connectivity index (χ1v) is 9.84. The first-order valence-electron chi connectivity index (χ1n) is 9.84. The lowest BCUT2D eigenvalue weighted by Crippen LogP contribution is -2.44. The van der Waals surface area contributed by atoms with Gasteiger partial charge in [0.1, 0.15) is 6.61 Å². The molecule has 8 heteroatoms. The molecule has 0 radical (unpaired) electrons. The van der Waals surface area contributed by atoms with Crippen molar-refractivity contribution < 1.29 is 39.8 Å². The van der Waals surface area contributed by atoms with Crippen molar-refractivity contribution >= 4 is 5.97 Å². The molecule has 0 aromatic heterocycles. The average Bonchev–Trinajstić information content (AvgIpc) is 2.73. The molecule has 0 spiro atoms. The van der Waals surface area contributed by atoms with E-state index in [0.29, 0.717) is 5.57 Å². The zero-order chi connectivity index (χ0) is 21.5. The number of aliphatic hydroxyl groups excluding tert-OH is 5. The molecule has 0 fully saturated rings. The van der Waals surface area contributed by atoms with Crippen molar-refractivity contribution in [3.63, 3.8) is 0 Å². The Bertz CT molecular complexity index is 433. The number of hydrogen-bond acceptors (Lipinski definition) is 8. The summed E-state index contributed by atoms with van der Waals surface area (Å²) in [5, 5.41) is 47.2. The number of hydrogen-bond donors (Lipinski definition) is 5. The standard InChI is InChI=1S/C20H38O8/c1-3-4-5-6-7-8-17(2)18(26)28-16-20(12-24,13-25)15-27-14-19(9-21,10-22)11-23/h8,21-25H,3-7,9-16H2,1-2H3. The fourth-order valence-corrected chi connectivity index (χ4v) is 2.35. The summed E-state index contributed by atoms with van der Waals surface area (Å²) in [6, 6.07) is 0. The fraction of sp³-hybridized carbons (Fsp3) is 0.850. The molecule has 5 N–H and O–H groups in total. The van der Waals surface area contributed by atoms with Crippen LogP contribution in [0, 0.1) is 10.8 Å². The predicted molar refractivity (Wildman–Crippen MR) is 105 cm³/mol. The quantitative estimate of drug-likeness (QED) is 0.133. The van der Waals surface area contributed by atoms with E-state index in [9.17, 15) is 30.3 Å². The fourth-order valence-electron chi connectivity index (χ4n) is 2.35. The van der Waals surface area contributed by atoms with Gasteiger partial charge in [-0.1, -0.05) is 32.3 Å². The summed E-state index contributed by atoms with van der Waals surface area (Å²) < 4.78 is 10.6. The Kier molecular flexibility index (Phi) is 14.3. The highest BCUT2D eigenvalue weighted by Gasteiger charge is 2.34. The van der Waals surface area contributed by atoms with E-state index in [-0.39, 0.29) is 19.8 Å². The highest BCUT2D eigenvalue weighted by molar-refractivity contribution is 5.87. The van der Waals surface area contributed by atoms with Crippen molar-refractivity contribution in [2.45, 2.75) is 46.0 Å². The van der Waals surface area contributed by atoms with Gasteiger partial charge in [-0.25, -0.2) is 4.79 Å². The van der Waals surface area contributed by atoms with Crippen molar-refractivity contribution in [1.82, 2.24) is 0 Å². The molecular formula is C20H38O8. The van der Waals surface area contributed by atoms with Gasteiger partial charge in [0.15, 0.2) is 0 Å². The topological polar surface area (TPSA) is 137 Å². The minimum atomic E-state index is -1.22. The molecular weight excluding hydrogens is 368 g/mol. The highest BCUT2D eigenvalue weighted by atomic mass is 16.5. The van der Waals surface area contributed by atoms with Gasteiger partial charge in [0.05, 0.1) is 57.1 Å². The lowest BCUT2D eigenvalue weighted by molar-refractivity contribution is -0.150. The molecule has 0 aliphatic rings. The summed E-state index contributed by atoms with van der Waals surface area (Å²) >= 11 is 0. The van der Waals surface area contributed by atoms with Gasteiger partial charge in [0.25, 0.3) is 0 Å². The number of aliphatic hydroxyl groups is 5. The predicted octanol–water partition coefficient (Wildman–Crippen LogP) is 0.397. The van der Waals surface area contributed by atoms with Crippen molar-refractivity contribution in [2.24, 2.45) is 10.8 Å². The number of ether oxygens (including phenoxy) is 2. The molecule has 0 saturated heterocycles. The van der Waals surface area contributed by atoms with Gasteiger partial charge >= 0.3 is 5.97 Å². The van der Waals surface area contributed by atoms with Crippen molar-refractivity contribution in [1.29, 1.82) is 0 Å². The van der Waals surface area contributed by atoms with Crippen LogP contribution in [-0.2, 0) is 14.3 Å². The monoisotopic (exact) mass is 406 g/mol. The summed E-state index contributed by atoms with van der Waals surface area (Å²) in [5.41, 5.74) is -1.96. The second-order valence-corrected chi connectivity index (χ2v) is 7.60. The van der Waals surface area contributed by atoms with Crippen LogP contribution >= 0.6 is 0 Å². The number of esters is 1. The lowest BCUT2D eigenvalue weighted by atomic mass is 9.90. The van der Waals surface area contributed by atoms with Crippen LogP contribution in [0.1, 0.15) is 46.0 Å². The van der Waals surface area contributed by atoms with Crippen LogP contribution in [0.4, 0.5) is 0 Å². The zero-order valence-electron chi connectivity index (χ0n) is 17.2. The number of allylic oxidation sites excluding steroid dienone is 1. The molecule has 8 nitrogen and oxygen atoms in total. The summed E-state index contributed by atoms with van der Waals surface area (Å²) in [7, 11) is 0. The summed E-state index contributed by atoms with van der Waals surface area (Å²) in [4.78, 5) is 12.1. The Hall–Kier alpha value is -1.03. The minimum absolute atomic E-state index is 0.172. The Morgan fingerprint density at radius 1 is 0.821 bits per heavy atom. The van der Waals surface area contributed by atoms with E-state index in [4.69, 9.17) is 9.47 Å². The Morgan fingerprint density at radius 3 is 1.86 bits per heavy atom. The summed E-state index contributed by atoms with van der Waals surface area (Å²) in [6.07, 6.45) is 7.05. The van der Waals surface area contributed by atoms with Crippen LogP contribution in [0.3, 0.4) is 0 Å².